The van der Waals surface area contributed by atoms with Crippen LogP contribution in [0, 0.1) is 18.8 Å². The smallest absolute Gasteiger partial charge is 0.311 e. The third kappa shape index (κ3) is 2.54. The Morgan fingerprint density at radius 3 is 2.45 bits per heavy atom. The number of aryl methyl sites for hydroxylation is 1. The summed E-state index contributed by atoms with van der Waals surface area (Å²) in [6, 6.07) is 6.72. The molecule has 0 radical (unpaired) electrons. The molecule has 1 saturated carbocycles. The molecule has 1 aliphatic carbocycles. The number of nitrogens with zero attached hydrogens (tertiary/aromatic N) is 1. The molecule has 5 nitrogen and oxygen atoms in total. The fourth-order valence-electron chi connectivity index (χ4n) is 3.44. The molecule has 3 atom stereocenters. The monoisotopic (exact) mass is 323 g/mol. The van der Waals surface area contributed by atoms with Gasteiger partial charge in [-0.3, -0.25) is 4.79 Å². The van der Waals surface area contributed by atoms with Crippen LogP contribution in [-0.4, -0.2) is 32.0 Å². The highest BCUT2D eigenvalue weighted by molar-refractivity contribution is 7.89. The van der Waals surface area contributed by atoms with Gasteiger partial charge in [0.1, 0.15) is 0 Å². The Morgan fingerprint density at radius 2 is 1.77 bits per heavy atom. The summed E-state index contributed by atoms with van der Waals surface area (Å²) < 4.78 is 32.1. The number of esters is 1. The lowest BCUT2D eigenvalue weighted by atomic mass is 9.80. The Kier molecular flexibility index (Phi) is 3.99. The lowest BCUT2D eigenvalue weighted by Gasteiger charge is -2.30. The molecule has 0 aromatic heterocycles. The van der Waals surface area contributed by atoms with Crippen LogP contribution in [0.5, 0.6) is 0 Å². The van der Waals surface area contributed by atoms with E-state index in [0.717, 1.165) is 31.2 Å². The lowest BCUT2D eigenvalue weighted by molar-refractivity contribution is -0.147. The van der Waals surface area contributed by atoms with Gasteiger partial charge in [-0.2, -0.15) is 4.31 Å². The number of rotatable bonds is 3. The van der Waals surface area contributed by atoms with Gasteiger partial charge in [0.05, 0.1) is 10.8 Å². The van der Waals surface area contributed by atoms with E-state index in [4.69, 9.17) is 4.74 Å². The normalized spacial score (nSPS) is 28.5. The predicted molar refractivity (Wildman–Crippen MR) is 81.5 cm³/mol. The maximum atomic E-state index is 12.7. The van der Waals surface area contributed by atoms with E-state index in [9.17, 15) is 13.2 Å². The Bertz CT molecular complexity index is 668. The second-order valence-corrected chi connectivity index (χ2v) is 8.21. The van der Waals surface area contributed by atoms with Gasteiger partial charge in [0.25, 0.3) is 0 Å². The first-order valence-corrected chi connectivity index (χ1v) is 9.10. The SMILES string of the molecule is Cc1ccc(S(=O)(=O)N(C)[C@@H]2OC(=O)[C@H]3CCCC[C@H]32)cc1. The van der Waals surface area contributed by atoms with Crippen molar-refractivity contribution >= 4 is 16.0 Å². The summed E-state index contributed by atoms with van der Waals surface area (Å²) in [5, 5.41) is 0. The molecular formula is C16H21NO4S. The number of ether oxygens (including phenoxy) is 1. The second kappa shape index (κ2) is 5.66. The van der Waals surface area contributed by atoms with E-state index in [1.165, 1.54) is 11.4 Å². The number of hydrogen-bond donors (Lipinski definition) is 0. The number of carbonyl (C=O) groups is 1. The van der Waals surface area contributed by atoms with Crippen LogP contribution in [0.25, 0.3) is 0 Å². The average Bonchev–Trinajstić information content (AvgIpc) is 2.84. The largest absolute Gasteiger partial charge is 0.445 e. The maximum absolute atomic E-state index is 12.7. The number of fused-ring (bicyclic) bond motifs is 1. The molecule has 1 aromatic rings. The predicted octanol–water partition coefficient (Wildman–Crippen LogP) is 2.30. The Labute approximate surface area is 131 Å². The van der Waals surface area contributed by atoms with E-state index >= 15 is 0 Å². The van der Waals surface area contributed by atoms with Crippen molar-refractivity contribution in [2.75, 3.05) is 7.05 Å². The number of carbonyl (C=O) groups excluding carboxylic acids is 1. The first-order chi connectivity index (χ1) is 10.4. The van der Waals surface area contributed by atoms with Crippen molar-refractivity contribution in [3.8, 4) is 0 Å². The highest BCUT2D eigenvalue weighted by Crippen LogP contribution is 2.41. The molecule has 6 heteroatoms. The topological polar surface area (TPSA) is 63.7 Å². The number of hydrogen-bond acceptors (Lipinski definition) is 4. The molecule has 0 amide bonds. The molecule has 2 aliphatic rings. The van der Waals surface area contributed by atoms with Gasteiger partial charge in [-0.25, -0.2) is 8.42 Å². The van der Waals surface area contributed by atoms with Gasteiger partial charge in [-0.1, -0.05) is 30.5 Å². The minimum absolute atomic E-state index is 0.0218. The van der Waals surface area contributed by atoms with Crippen LogP contribution < -0.4 is 0 Å². The van der Waals surface area contributed by atoms with Crippen molar-refractivity contribution < 1.29 is 17.9 Å². The van der Waals surface area contributed by atoms with Gasteiger partial charge in [-0.05, 0) is 31.9 Å². The Balaban J connectivity index is 1.88. The van der Waals surface area contributed by atoms with Crippen LogP contribution in [0.1, 0.15) is 31.2 Å². The zero-order valence-electron chi connectivity index (χ0n) is 12.9. The zero-order valence-corrected chi connectivity index (χ0v) is 13.7. The molecule has 0 unspecified atom stereocenters. The van der Waals surface area contributed by atoms with Gasteiger partial charge in [0.2, 0.25) is 10.0 Å². The van der Waals surface area contributed by atoms with Gasteiger partial charge < -0.3 is 4.74 Å². The summed E-state index contributed by atoms with van der Waals surface area (Å²) in [5.41, 5.74) is 1.00. The summed E-state index contributed by atoms with van der Waals surface area (Å²) in [5.74, 6) is -0.415. The van der Waals surface area contributed by atoms with Crippen LogP contribution in [0.15, 0.2) is 29.2 Å². The van der Waals surface area contributed by atoms with E-state index < -0.39 is 16.3 Å². The van der Waals surface area contributed by atoms with E-state index in [1.807, 2.05) is 6.92 Å². The standard InChI is InChI=1S/C16H21NO4S/c1-11-7-9-12(10-8-11)22(19,20)17(2)15-13-5-3-4-6-14(13)16(18)21-15/h7-10,13-15H,3-6H2,1-2H3/t13-,14+,15-/m1/s1. The fraction of sp³-hybridized carbons (Fsp3) is 0.562. The van der Waals surface area contributed by atoms with Crippen LogP contribution in [0.3, 0.4) is 0 Å². The molecule has 1 heterocycles. The summed E-state index contributed by atoms with van der Waals surface area (Å²) in [7, 11) is -2.15. The quantitative estimate of drug-likeness (QED) is 0.801. The molecule has 1 aliphatic heterocycles. The zero-order chi connectivity index (χ0) is 15.9. The Hall–Kier alpha value is -1.40. The summed E-state index contributed by atoms with van der Waals surface area (Å²) in [4.78, 5) is 12.2. The average molecular weight is 323 g/mol. The molecule has 0 N–H and O–H groups in total. The van der Waals surface area contributed by atoms with Crippen molar-refractivity contribution in [1.29, 1.82) is 0 Å². The van der Waals surface area contributed by atoms with Crippen molar-refractivity contribution in [2.24, 2.45) is 11.8 Å². The van der Waals surface area contributed by atoms with Crippen molar-refractivity contribution in [1.82, 2.24) is 4.31 Å². The maximum Gasteiger partial charge on any atom is 0.311 e. The van der Waals surface area contributed by atoms with Crippen LogP contribution in [-0.2, 0) is 19.6 Å². The Morgan fingerprint density at radius 1 is 1.14 bits per heavy atom. The highest BCUT2D eigenvalue weighted by atomic mass is 32.2. The van der Waals surface area contributed by atoms with Crippen LogP contribution >= 0.6 is 0 Å². The van der Waals surface area contributed by atoms with Crippen molar-refractivity contribution in [3.63, 3.8) is 0 Å². The van der Waals surface area contributed by atoms with Gasteiger partial charge in [0, 0.05) is 13.0 Å². The van der Waals surface area contributed by atoms with Gasteiger partial charge >= 0.3 is 5.97 Å². The molecule has 2 fully saturated rings. The third-order valence-electron chi connectivity index (χ3n) is 4.78. The minimum atomic E-state index is -3.66. The lowest BCUT2D eigenvalue weighted by Crippen LogP contribution is -2.41. The first-order valence-electron chi connectivity index (χ1n) is 7.66. The summed E-state index contributed by atoms with van der Waals surface area (Å²) >= 11 is 0. The van der Waals surface area contributed by atoms with Crippen molar-refractivity contribution in [3.05, 3.63) is 29.8 Å². The molecule has 1 saturated heterocycles. The van der Waals surface area contributed by atoms with E-state index in [0.29, 0.717) is 0 Å². The van der Waals surface area contributed by atoms with E-state index in [1.54, 1.807) is 24.3 Å². The molecule has 3 rings (SSSR count). The van der Waals surface area contributed by atoms with E-state index in [2.05, 4.69) is 0 Å². The van der Waals surface area contributed by atoms with Crippen molar-refractivity contribution in [2.45, 2.75) is 43.7 Å². The number of cyclic esters (lactones) is 1. The summed E-state index contributed by atoms with van der Waals surface area (Å²) in [6.45, 7) is 1.91. The number of sulfonamides is 1. The molecule has 120 valence electrons. The molecule has 22 heavy (non-hydrogen) atoms. The van der Waals surface area contributed by atoms with E-state index in [-0.39, 0.29) is 22.7 Å². The molecule has 1 aromatic carbocycles. The van der Waals surface area contributed by atoms with Crippen LogP contribution in [0.4, 0.5) is 0 Å². The summed E-state index contributed by atoms with van der Waals surface area (Å²) in [6.07, 6.45) is 3.00. The fourth-order valence-corrected chi connectivity index (χ4v) is 4.73. The first kappa shape index (κ1) is 15.5. The molecule has 0 bridgehead atoms. The third-order valence-corrected chi connectivity index (χ3v) is 6.62. The van der Waals surface area contributed by atoms with Crippen LogP contribution in [0.2, 0.25) is 0 Å². The second-order valence-electron chi connectivity index (χ2n) is 6.22. The number of benzene rings is 1. The highest BCUT2D eigenvalue weighted by Gasteiger charge is 2.49. The van der Waals surface area contributed by atoms with Gasteiger partial charge in [-0.15, -0.1) is 0 Å². The minimum Gasteiger partial charge on any atom is -0.445 e. The molecule has 0 spiro atoms. The van der Waals surface area contributed by atoms with Gasteiger partial charge in [0.15, 0.2) is 6.23 Å². The molecular weight excluding hydrogens is 302 g/mol.